The highest BCUT2D eigenvalue weighted by atomic mass is 16.5. The smallest absolute Gasteiger partial charge is 0.125 e. The Labute approximate surface area is 133 Å². The van der Waals surface area contributed by atoms with E-state index in [0.717, 1.165) is 18.7 Å². The van der Waals surface area contributed by atoms with Gasteiger partial charge in [-0.05, 0) is 62.2 Å². The van der Waals surface area contributed by atoms with E-state index in [1.165, 1.54) is 36.0 Å². The molecule has 1 unspecified atom stereocenters. The summed E-state index contributed by atoms with van der Waals surface area (Å²) in [7, 11) is 4.22. The maximum atomic E-state index is 6.35. The maximum absolute atomic E-state index is 6.35. The molecule has 1 aliphatic rings. The summed E-state index contributed by atoms with van der Waals surface area (Å²) >= 11 is 0. The number of nitrogens with zero attached hydrogens (tertiary/aromatic N) is 1. The second-order valence-electron chi connectivity index (χ2n) is 6.39. The number of rotatable bonds is 6. The van der Waals surface area contributed by atoms with Crippen molar-refractivity contribution < 1.29 is 4.74 Å². The Morgan fingerprint density at radius 2 is 1.77 bits per heavy atom. The first-order valence-corrected chi connectivity index (χ1v) is 8.20. The van der Waals surface area contributed by atoms with Crippen molar-refractivity contribution in [3.63, 3.8) is 0 Å². The second-order valence-corrected chi connectivity index (χ2v) is 6.39. The van der Waals surface area contributed by atoms with Gasteiger partial charge in [0.15, 0.2) is 0 Å². The average Bonchev–Trinajstić information content (AvgIpc) is 2.99. The van der Waals surface area contributed by atoms with Crippen molar-refractivity contribution in [3.8, 4) is 5.75 Å². The first-order valence-electron chi connectivity index (χ1n) is 8.20. The molecule has 0 fully saturated rings. The minimum Gasteiger partial charge on any atom is -0.486 e. The standard InChI is InChI=1S/C20H25NO/c1-21(2)14-13-20(17-7-4-3-5-8-17)22-19-12-11-16-9-6-10-18(16)15-19/h3-5,7-8,11-12,15,20H,6,9-10,13-14H2,1-2H3. The van der Waals surface area contributed by atoms with E-state index in [0.29, 0.717) is 0 Å². The van der Waals surface area contributed by atoms with Gasteiger partial charge in [0.05, 0.1) is 0 Å². The summed E-state index contributed by atoms with van der Waals surface area (Å²) in [6, 6.07) is 17.2. The zero-order chi connectivity index (χ0) is 15.4. The fourth-order valence-corrected chi connectivity index (χ4v) is 3.12. The summed E-state index contributed by atoms with van der Waals surface area (Å²) in [6.45, 7) is 1.02. The molecule has 2 aromatic carbocycles. The van der Waals surface area contributed by atoms with Crippen molar-refractivity contribution in [3.05, 3.63) is 65.2 Å². The highest BCUT2D eigenvalue weighted by molar-refractivity contribution is 5.38. The zero-order valence-electron chi connectivity index (χ0n) is 13.6. The molecule has 0 radical (unpaired) electrons. The molecule has 0 amide bonds. The van der Waals surface area contributed by atoms with Gasteiger partial charge in [-0.25, -0.2) is 0 Å². The number of aryl methyl sites for hydroxylation is 2. The molecule has 1 atom stereocenters. The largest absolute Gasteiger partial charge is 0.486 e. The van der Waals surface area contributed by atoms with Crippen molar-refractivity contribution in [2.24, 2.45) is 0 Å². The van der Waals surface area contributed by atoms with Crippen molar-refractivity contribution in [1.29, 1.82) is 0 Å². The Bertz CT molecular complexity index is 606. The van der Waals surface area contributed by atoms with E-state index in [1.54, 1.807) is 0 Å². The van der Waals surface area contributed by atoms with E-state index in [2.05, 4.69) is 67.5 Å². The lowest BCUT2D eigenvalue weighted by atomic mass is 10.1. The van der Waals surface area contributed by atoms with Crippen LogP contribution in [-0.2, 0) is 12.8 Å². The number of benzene rings is 2. The molecule has 2 nitrogen and oxygen atoms in total. The molecule has 0 spiro atoms. The predicted octanol–water partition coefficient (Wildman–Crippen LogP) is 4.25. The molecular formula is C20H25NO. The van der Waals surface area contributed by atoms with Gasteiger partial charge >= 0.3 is 0 Å². The van der Waals surface area contributed by atoms with Crippen LogP contribution in [0.2, 0.25) is 0 Å². The third-order valence-corrected chi connectivity index (χ3v) is 4.36. The van der Waals surface area contributed by atoms with E-state index in [9.17, 15) is 0 Å². The van der Waals surface area contributed by atoms with Crippen LogP contribution in [0.1, 0.15) is 35.6 Å². The second kappa shape index (κ2) is 6.97. The lowest BCUT2D eigenvalue weighted by Gasteiger charge is -2.22. The third kappa shape index (κ3) is 3.69. The van der Waals surface area contributed by atoms with Crippen LogP contribution in [0.5, 0.6) is 5.75 Å². The first kappa shape index (κ1) is 15.1. The molecule has 0 saturated heterocycles. The molecule has 2 aromatic rings. The number of fused-ring (bicyclic) bond motifs is 1. The van der Waals surface area contributed by atoms with Gasteiger partial charge in [0.1, 0.15) is 11.9 Å². The maximum Gasteiger partial charge on any atom is 0.125 e. The average molecular weight is 295 g/mol. The molecule has 0 aliphatic heterocycles. The topological polar surface area (TPSA) is 12.5 Å². The fraction of sp³-hybridized carbons (Fsp3) is 0.400. The molecule has 0 bridgehead atoms. The minimum atomic E-state index is 0.114. The summed E-state index contributed by atoms with van der Waals surface area (Å²) in [6.07, 6.45) is 4.80. The SMILES string of the molecule is CN(C)CCC(Oc1ccc2c(c1)CCC2)c1ccccc1. The summed E-state index contributed by atoms with van der Waals surface area (Å²) in [5, 5.41) is 0. The molecule has 0 saturated carbocycles. The summed E-state index contributed by atoms with van der Waals surface area (Å²) in [4.78, 5) is 2.21. The van der Waals surface area contributed by atoms with Gasteiger partial charge in [-0.3, -0.25) is 0 Å². The Morgan fingerprint density at radius 3 is 2.55 bits per heavy atom. The van der Waals surface area contributed by atoms with E-state index >= 15 is 0 Å². The van der Waals surface area contributed by atoms with Gasteiger partial charge < -0.3 is 9.64 Å². The van der Waals surface area contributed by atoms with Crippen LogP contribution in [0, 0.1) is 0 Å². The predicted molar refractivity (Wildman–Crippen MR) is 91.4 cm³/mol. The molecular weight excluding hydrogens is 270 g/mol. The normalized spacial score (nSPS) is 14.9. The molecule has 1 aliphatic carbocycles. The summed E-state index contributed by atoms with van der Waals surface area (Å²) < 4.78 is 6.35. The number of ether oxygens (including phenoxy) is 1. The van der Waals surface area contributed by atoms with Crippen molar-refractivity contribution >= 4 is 0 Å². The van der Waals surface area contributed by atoms with Crippen LogP contribution in [0.4, 0.5) is 0 Å². The van der Waals surface area contributed by atoms with E-state index < -0.39 is 0 Å². The quantitative estimate of drug-likeness (QED) is 0.790. The van der Waals surface area contributed by atoms with E-state index in [-0.39, 0.29) is 6.10 Å². The lowest BCUT2D eigenvalue weighted by molar-refractivity contribution is 0.179. The van der Waals surface area contributed by atoms with Gasteiger partial charge in [0, 0.05) is 13.0 Å². The molecule has 0 aromatic heterocycles. The van der Waals surface area contributed by atoms with Crippen LogP contribution in [0.3, 0.4) is 0 Å². The van der Waals surface area contributed by atoms with Gasteiger partial charge in [0.2, 0.25) is 0 Å². The fourth-order valence-electron chi connectivity index (χ4n) is 3.12. The van der Waals surface area contributed by atoms with E-state index in [1.807, 2.05) is 0 Å². The minimum absolute atomic E-state index is 0.114. The Balaban J connectivity index is 1.77. The van der Waals surface area contributed by atoms with Crippen LogP contribution in [-0.4, -0.2) is 25.5 Å². The van der Waals surface area contributed by atoms with Crippen molar-refractivity contribution in [1.82, 2.24) is 4.90 Å². The monoisotopic (exact) mass is 295 g/mol. The Morgan fingerprint density at radius 1 is 1.00 bits per heavy atom. The van der Waals surface area contributed by atoms with E-state index in [4.69, 9.17) is 4.74 Å². The van der Waals surface area contributed by atoms with Crippen molar-refractivity contribution in [2.45, 2.75) is 31.8 Å². The van der Waals surface area contributed by atoms with Crippen LogP contribution < -0.4 is 4.74 Å². The molecule has 0 heterocycles. The zero-order valence-corrected chi connectivity index (χ0v) is 13.6. The molecule has 2 heteroatoms. The summed E-state index contributed by atoms with van der Waals surface area (Å²) in [5.74, 6) is 1.01. The van der Waals surface area contributed by atoms with Gasteiger partial charge in [0.25, 0.3) is 0 Å². The van der Waals surface area contributed by atoms with Crippen molar-refractivity contribution in [2.75, 3.05) is 20.6 Å². The molecule has 116 valence electrons. The highest BCUT2D eigenvalue weighted by Gasteiger charge is 2.16. The Hall–Kier alpha value is -1.80. The van der Waals surface area contributed by atoms with Gasteiger partial charge in [-0.1, -0.05) is 36.4 Å². The van der Waals surface area contributed by atoms with Crippen LogP contribution in [0.15, 0.2) is 48.5 Å². The van der Waals surface area contributed by atoms with Crippen LogP contribution >= 0.6 is 0 Å². The summed E-state index contributed by atoms with van der Waals surface area (Å²) in [5.41, 5.74) is 4.22. The number of hydrogen-bond acceptors (Lipinski definition) is 2. The lowest BCUT2D eigenvalue weighted by Crippen LogP contribution is -2.18. The number of hydrogen-bond donors (Lipinski definition) is 0. The third-order valence-electron chi connectivity index (χ3n) is 4.36. The first-order chi connectivity index (χ1) is 10.7. The molecule has 0 N–H and O–H groups in total. The molecule has 22 heavy (non-hydrogen) atoms. The van der Waals surface area contributed by atoms with Gasteiger partial charge in [-0.2, -0.15) is 0 Å². The highest BCUT2D eigenvalue weighted by Crippen LogP contribution is 2.30. The Kier molecular flexibility index (Phi) is 4.79. The van der Waals surface area contributed by atoms with Crippen LogP contribution in [0.25, 0.3) is 0 Å². The molecule has 3 rings (SSSR count). The van der Waals surface area contributed by atoms with Gasteiger partial charge in [-0.15, -0.1) is 0 Å².